The Morgan fingerprint density at radius 1 is 1.25 bits per heavy atom. The Kier molecular flexibility index (Phi) is 4.16. The summed E-state index contributed by atoms with van der Waals surface area (Å²) in [5.41, 5.74) is 0.508. The number of hydrogen-bond acceptors (Lipinski definition) is 3. The lowest BCUT2D eigenvalue weighted by Crippen LogP contribution is -1.94. The van der Waals surface area contributed by atoms with Crippen LogP contribution in [0.5, 0.6) is 11.5 Å². The molecule has 0 atom stereocenters. The van der Waals surface area contributed by atoms with Gasteiger partial charge in [0.25, 0.3) is 0 Å². The standard InChI is InChI=1S/C15H9BrFNO2/c1-9(19)13-5-4-11(6-14(13)16)20-12-3-2-10(8-18)15(17)7-12/h2-7H,1H3. The molecular weight excluding hydrogens is 325 g/mol. The number of ketones is 1. The Bertz CT molecular complexity index is 722. The molecule has 2 aromatic carbocycles. The van der Waals surface area contributed by atoms with Gasteiger partial charge in [0.15, 0.2) is 5.78 Å². The SMILES string of the molecule is CC(=O)c1ccc(Oc2ccc(C#N)c(F)c2)cc1Br. The van der Waals surface area contributed by atoms with Gasteiger partial charge in [0.05, 0.1) is 5.56 Å². The Morgan fingerprint density at radius 3 is 2.45 bits per heavy atom. The highest BCUT2D eigenvalue weighted by Crippen LogP contribution is 2.28. The van der Waals surface area contributed by atoms with Crippen LogP contribution in [0.25, 0.3) is 0 Å². The third-order valence-electron chi connectivity index (χ3n) is 2.62. The molecule has 0 N–H and O–H groups in total. The average Bonchev–Trinajstić information content (AvgIpc) is 2.38. The molecule has 0 heterocycles. The Balaban J connectivity index is 2.27. The van der Waals surface area contributed by atoms with E-state index in [4.69, 9.17) is 10.00 Å². The van der Waals surface area contributed by atoms with Gasteiger partial charge >= 0.3 is 0 Å². The van der Waals surface area contributed by atoms with Gasteiger partial charge in [0.1, 0.15) is 23.4 Å². The Hall–Kier alpha value is -2.19. The van der Waals surface area contributed by atoms with Gasteiger partial charge in [-0.15, -0.1) is 0 Å². The molecule has 0 bridgehead atoms. The third-order valence-corrected chi connectivity index (χ3v) is 3.27. The molecule has 0 fully saturated rings. The fraction of sp³-hybridized carbons (Fsp3) is 0.0667. The first-order chi connectivity index (χ1) is 9.51. The second-order valence-electron chi connectivity index (χ2n) is 4.05. The minimum atomic E-state index is -0.635. The molecule has 0 aliphatic heterocycles. The fourth-order valence-electron chi connectivity index (χ4n) is 1.63. The number of carbonyl (C=O) groups is 1. The number of carbonyl (C=O) groups excluding carboxylic acids is 1. The topological polar surface area (TPSA) is 50.1 Å². The highest BCUT2D eigenvalue weighted by atomic mass is 79.9. The molecule has 2 aromatic rings. The summed E-state index contributed by atoms with van der Waals surface area (Å²) < 4.78 is 19.5. The first-order valence-corrected chi connectivity index (χ1v) is 6.48. The molecule has 0 unspecified atom stereocenters. The molecule has 0 aliphatic carbocycles. The van der Waals surface area contributed by atoms with Crippen LogP contribution >= 0.6 is 15.9 Å². The number of ether oxygens (including phenoxy) is 1. The molecule has 3 nitrogen and oxygen atoms in total. The predicted molar refractivity (Wildman–Crippen MR) is 75.3 cm³/mol. The minimum absolute atomic E-state index is 0.0366. The minimum Gasteiger partial charge on any atom is -0.457 e. The fourth-order valence-corrected chi connectivity index (χ4v) is 2.27. The van der Waals surface area contributed by atoms with E-state index in [0.29, 0.717) is 15.8 Å². The van der Waals surface area contributed by atoms with Crippen molar-refractivity contribution in [2.75, 3.05) is 0 Å². The van der Waals surface area contributed by atoms with Crippen LogP contribution in [0.1, 0.15) is 22.8 Å². The zero-order valence-electron chi connectivity index (χ0n) is 10.5. The van der Waals surface area contributed by atoms with Crippen LogP contribution in [-0.4, -0.2) is 5.78 Å². The lowest BCUT2D eigenvalue weighted by atomic mass is 10.1. The van der Waals surface area contributed by atoms with Gasteiger partial charge in [-0.2, -0.15) is 5.26 Å². The molecule has 0 amide bonds. The van der Waals surface area contributed by atoms with Crippen molar-refractivity contribution in [3.8, 4) is 17.6 Å². The zero-order valence-corrected chi connectivity index (χ0v) is 12.1. The second-order valence-corrected chi connectivity index (χ2v) is 4.91. The van der Waals surface area contributed by atoms with Gasteiger partial charge in [-0.1, -0.05) is 0 Å². The number of rotatable bonds is 3. The van der Waals surface area contributed by atoms with Crippen molar-refractivity contribution in [1.29, 1.82) is 5.26 Å². The third kappa shape index (κ3) is 3.03. The molecule has 20 heavy (non-hydrogen) atoms. The van der Waals surface area contributed by atoms with Crippen molar-refractivity contribution in [3.63, 3.8) is 0 Å². The lowest BCUT2D eigenvalue weighted by molar-refractivity contribution is 0.101. The van der Waals surface area contributed by atoms with E-state index in [1.807, 2.05) is 0 Å². The zero-order chi connectivity index (χ0) is 14.7. The van der Waals surface area contributed by atoms with Crippen LogP contribution in [0.3, 0.4) is 0 Å². The van der Waals surface area contributed by atoms with E-state index in [-0.39, 0.29) is 17.1 Å². The van der Waals surface area contributed by atoms with E-state index in [1.54, 1.807) is 24.3 Å². The molecule has 0 spiro atoms. The van der Waals surface area contributed by atoms with Crippen molar-refractivity contribution >= 4 is 21.7 Å². The molecule has 0 radical (unpaired) electrons. The second kappa shape index (κ2) is 5.85. The molecule has 2 rings (SSSR count). The van der Waals surface area contributed by atoms with E-state index in [9.17, 15) is 9.18 Å². The number of hydrogen-bond donors (Lipinski definition) is 0. The average molecular weight is 334 g/mol. The number of nitrogens with zero attached hydrogens (tertiary/aromatic N) is 1. The highest BCUT2D eigenvalue weighted by molar-refractivity contribution is 9.10. The summed E-state index contributed by atoms with van der Waals surface area (Å²) in [5.74, 6) is 0.0484. The smallest absolute Gasteiger partial charge is 0.160 e. The van der Waals surface area contributed by atoms with Gasteiger partial charge in [-0.25, -0.2) is 4.39 Å². The first kappa shape index (κ1) is 14.2. The maximum absolute atomic E-state index is 13.4. The van der Waals surface area contributed by atoms with Crippen LogP contribution in [-0.2, 0) is 0 Å². The molecule has 0 aliphatic rings. The van der Waals surface area contributed by atoms with Crippen molar-refractivity contribution in [2.24, 2.45) is 0 Å². The van der Waals surface area contributed by atoms with Gasteiger partial charge in [0, 0.05) is 16.1 Å². The highest BCUT2D eigenvalue weighted by Gasteiger charge is 2.08. The summed E-state index contributed by atoms with van der Waals surface area (Å²) in [6.45, 7) is 1.47. The van der Waals surface area contributed by atoms with E-state index < -0.39 is 5.82 Å². The van der Waals surface area contributed by atoms with Gasteiger partial charge < -0.3 is 4.74 Å². The van der Waals surface area contributed by atoms with E-state index in [1.165, 1.54) is 19.1 Å². The first-order valence-electron chi connectivity index (χ1n) is 5.69. The monoisotopic (exact) mass is 333 g/mol. The Morgan fingerprint density at radius 2 is 1.90 bits per heavy atom. The summed E-state index contributed by atoms with van der Waals surface area (Å²) in [6, 6.07) is 10.6. The summed E-state index contributed by atoms with van der Waals surface area (Å²) in [6.07, 6.45) is 0. The van der Waals surface area contributed by atoms with Crippen LogP contribution in [0.15, 0.2) is 40.9 Å². The van der Waals surface area contributed by atoms with Gasteiger partial charge in [-0.3, -0.25) is 4.79 Å². The summed E-state index contributed by atoms with van der Waals surface area (Å²) in [4.78, 5) is 11.3. The summed E-state index contributed by atoms with van der Waals surface area (Å²) in [7, 11) is 0. The quantitative estimate of drug-likeness (QED) is 0.779. The summed E-state index contributed by atoms with van der Waals surface area (Å²) in [5, 5.41) is 8.65. The number of Topliss-reactive ketones (excluding diaryl/α,β-unsaturated/α-hetero) is 1. The molecular formula is C15H9BrFNO2. The largest absolute Gasteiger partial charge is 0.457 e. The molecule has 0 saturated carbocycles. The predicted octanol–water partition coefficient (Wildman–Crippen LogP) is 4.45. The van der Waals surface area contributed by atoms with Crippen molar-refractivity contribution in [1.82, 2.24) is 0 Å². The lowest BCUT2D eigenvalue weighted by Gasteiger charge is -2.08. The number of nitriles is 1. The van der Waals surface area contributed by atoms with Crippen molar-refractivity contribution in [3.05, 3.63) is 57.8 Å². The van der Waals surface area contributed by atoms with Crippen LogP contribution in [0.2, 0.25) is 0 Å². The van der Waals surface area contributed by atoms with E-state index >= 15 is 0 Å². The van der Waals surface area contributed by atoms with E-state index in [2.05, 4.69) is 15.9 Å². The van der Waals surface area contributed by atoms with Crippen LogP contribution in [0, 0.1) is 17.1 Å². The molecule has 100 valence electrons. The molecule has 0 aromatic heterocycles. The van der Waals surface area contributed by atoms with Crippen molar-refractivity contribution < 1.29 is 13.9 Å². The maximum atomic E-state index is 13.4. The maximum Gasteiger partial charge on any atom is 0.160 e. The van der Waals surface area contributed by atoms with E-state index in [0.717, 1.165) is 6.07 Å². The normalized spacial score (nSPS) is 9.90. The molecule has 0 saturated heterocycles. The number of halogens is 2. The van der Waals surface area contributed by atoms with Crippen LogP contribution < -0.4 is 4.74 Å². The number of benzene rings is 2. The molecule has 5 heteroatoms. The van der Waals surface area contributed by atoms with Gasteiger partial charge in [-0.05, 0) is 53.2 Å². The summed E-state index contributed by atoms with van der Waals surface area (Å²) >= 11 is 3.28. The van der Waals surface area contributed by atoms with Crippen LogP contribution in [0.4, 0.5) is 4.39 Å². The Labute approximate surface area is 123 Å². The van der Waals surface area contributed by atoms with Crippen molar-refractivity contribution in [2.45, 2.75) is 6.92 Å². The van der Waals surface area contributed by atoms with Gasteiger partial charge in [0.2, 0.25) is 0 Å².